The second-order valence-corrected chi connectivity index (χ2v) is 5.19. The normalized spacial score (nSPS) is 10.0. The highest BCUT2D eigenvalue weighted by molar-refractivity contribution is 5.97. The molecule has 0 saturated heterocycles. The van der Waals surface area contributed by atoms with Gasteiger partial charge in [-0.3, -0.25) is 4.79 Å². The fraction of sp³-hybridized carbons (Fsp3) is 0.222. The zero-order valence-electron chi connectivity index (χ0n) is 12.7. The summed E-state index contributed by atoms with van der Waals surface area (Å²) in [4.78, 5) is 11.7. The Kier molecular flexibility index (Phi) is 4.09. The van der Waals surface area contributed by atoms with Gasteiger partial charge in [0.2, 0.25) is 0 Å². The van der Waals surface area contributed by atoms with Crippen LogP contribution in [0.4, 0.5) is 0 Å². The van der Waals surface area contributed by atoms with Crippen molar-refractivity contribution in [2.45, 2.75) is 27.7 Å². The lowest BCUT2D eigenvalue weighted by Crippen LogP contribution is -1.99. The van der Waals surface area contributed by atoms with Crippen LogP contribution in [0.15, 0.2) is 30.3 Å². The molecule has 0 unspecified atom stereocenters. The molecular formula is C18H17NO2. The largest absolute Gasteiger partial charge is 0.456 e. The molecule has 0 fully saturated rings. The van der Waals surface area contributed by atoms with Gasteiger partial charge in [0.15, 0.2) is 5.78 Å². The smallest absolute Gasteiger partial charge is 0.163 e. The number of benzene rings is 2. The molecular weight excluding hydrogens is 262 g/mol. The fourth-order valence-electron chi connectivity index (χ4n) is 2.19. The van der Waals surface area contributed by atoms with Crippen LogP contribution in [0.1, 0.15) is 39.5 Å². The Hall–Kier alpha value is -2.60. The predicted octanol–water partition coefficient (Wildman–Crippen LogP) is 4.48. The Morgan fingerprint density at radius 2 is 1.81 bits per heavy atom. The Morgan fingerprint density at radius 1 is 1.10 bits per heavy atom. The zero-order chi connectivity index (χ0) is 15.6. The van der Waals surface area contributed by atoms with Crippen molar-refractivity contribution in [3.05, 3.63) is 58.1 Å². The van der Waals surface area contributed by atoms with Crippen molar-refractivity contribution in [3.8, 4) is 17.6 Å². The van der Waals surface area contributed by atoms with Gasteiger partial charge in [-0.2, -0.15) is 5.26 Å². The van der Waals surface area contributed by atoms with Crippen molar-refractivity contribution in [2.24, 2.45) is 0 Å². The number of ketones is 1. The molecule has 0 spiro atoms. The van der Waals surface area contributed by atoms with E-state index in [1.807, 2.05) is 26.8 Å². The number of ether oxygens (including phenoxy) is 1. The molecule has 3 heteroatoms. The molecule has 0 aliphatic carbocycles. The standard InChI is InChI=1S/C18H17NO2/c1-11-7-12(2)13(3)17(8-11)21-18-9-15(10-19)5-6-16(18)14(4)20/h5-9H,1-4H3. The van der Waals surface area contributed by atoms with Crippen molar-refractivity contribution in [1.82, 2.24) is 0 Å². The third-order valence-electron chi connectivity index (χ3n) is 3.47. The average molecular weight is 279 g/mol. The summed E-state index contributed by atoms with van der Waals surface area (Å²) in [7, 11) is 0. The second kappa shape index (κ2) is 5.80. The number of nitriles is 1. The average Bonchev–Trinajstić information content (AvgIpc) is 2.43. The molecule has 3 nitrogen and oxygen atoms in total. The molecule has 0 amide bonds. The number of carbonyl (C=O) groups is 1. The number of aryl methyl sites for hydroxylation is 2. The van der Waals surface area contributed by atoms with Gasteiger partial charge in [0.1, 0.15) is 11.5 Å². The van der Waals surface area contributed by atoms with Crippen molar-refractivity contribution in [3.63, 3.8) is 0 Å². The van der Waals surface area contributed by atoms with E-state index in [0.29, 0.717) is 22.6 Å². The van der Waals surface area contributed by atoms with Crippen molar-refractivity contribution in [2.75, 3.05) is 0 Å². The summed E-state index contributed by atoms with van der Waals surface area (Å²) in [5, 5.41) is 9.01. The van der Waals surface area contributed by atoms with Gasteiger partial charge in [-0.15, -0.1) is 0 Å². The molecule has 2 aromatic carbocycles. The highest BCUT2D eigenvalue weighted by atomic mass is 16.5. The Balaban J connectivity index is 2.53. The Labute approximate surface area is 124 Å². The first-order valence-electron chi connectivity index (χ1n) is 6.73. The van der Waals surface area contributed by atoms with Crippen LogP contribution in [0, 0.1) is 32.1 Å². The Bertz CT molecular complexity index is 755. The van der Waals surface area contributed by atoms with Gasteiger partial charge in [0, 0.05) is 0 Å². The minimum absolute atomic E-state index is 0.0866. The van der Waals surface area contributed by atoms with Crippen LogP contribution >= 0.6 is 0 Å². The van der Waals surface area contributed by atoms with E-state index in [1.165, 1.54) is 6.92 Å². The predicted molar refractivity (Wildman–Crippen MR) is 81.9 cm³/mol. The number of hydrogen-bond donors (Lipinski definition) is 0. The van der Waals surface area contributed by atoms with E-state index in [0.717, 1.165) is 16.7 Å². The first kappa shape index (κ1) is 14.8. The number of carbonyl (C=O) groups excluding carboxylic acids is 1. The van der Waals surface area contributed by atoms with E-state index in [1.54, 1.807) is 18.2 Å². The lowest BCUT2D eigenvalue weighted by atomic mass is 10.0. The first-order valence-corrected chi connectivity index (χ1v) is 6.73. The van der Waals surface area contributed by atoms with Crippen molar-refractivity contribution in [1.29, 1.82) is 5.26 Å². The molecule has 0 aliphatic rings. The summed E-state index contributed by atoms with van der Waals surface area (Å²) in [6.07, 6.45) is 0. The van der Waals surface area contributed by atoms with Crippen LogP contribution < -0.4 is 4.74 Å². The van der Waals surface area contributed by atoms with E-state index in [4.69, 9.17) is 10.00 Å². The van der Waals surface area contributed by atoms with Gasteiger partial charge in [-0.1, -0.05) is 6.07 Å². The van der Waals surface area contributed by atoms with E-state index < -0.39 is 0 Å². The molecule has 0 aliphatic heterocycles. The van der Waals surface area contributed by atoms with E-state index in [-0.39, 0.29) is 5.78 Å². The van der Waals surface area contributed by atoms with Crippen LogP contribution in [0.25, 0.3) is 0 Å². The number of rotatable bonds is 3. The molecule has 0 saturated carbocycles. The molecule has 106 valence electrons. The minimum Gasteiger partial charge on any atom is -0.456 e. The van der Waals surface area contributed by atoms with Crippen LogP contribution in [0.3, 0.4) is 0 Å². The SMILES string of the molecule is CC(=O)c1ccc(C#N)cc1Oc1cc(C)cc(C)c1C. The fourth-order valence-corrected chi connectivity index (χ4v) is 2.19. The second-order valence-electron chi connectivity index (χ2n) is 5.19. The van der Waals surface area contributed by atoms with Gasteiger partial charge < -0.3 is 4.74 Å². The van der Waals surface area contributed by atoms with Crippen LogP contribution in [-0.4, -0.2) is 5.78 Å². The van der Waals surface area contributed by atoms with Gasteiger partial charge >= 0.3 is 0 Å². The molecule has 2 rings (SSSR count). The lowest BCUT2D eigenvalue weighted by molar-refractivity contribution is 0.101. The summed E-state index contributed by atoms with van der Waals surface area (Å²) in [6.45, 7) is 7.48. The summed E-state index contributed by atoms with van der Waals surface area (Å²) < 4.78 is 5.93. The van der Waals surface area contributed by atoms with Gasteiger partial charge in [-0.25, -0.2) is 0 Å². The highest BCUT2D eigenvalue weighted by Crippen LogP contribution is 2.31. The van der Waals surface area contributed by atoms with Crippen molar-refractivity contribution < 1.29 is 9.53 Å². The van der Waals surface area contributed by atoms with E-state index in [2.05, 4.69) is 12.1 Å². The monoisotopic (exact) mass is 279 g/mol. The summed E-state index contributed by atoms with van der Waals surface area (Å²) in [6, 6.07) is 10.9. The summed E-state index contributed by atoms with van der Waals surface area (Å²) in [5.74, 6) is 1.05. The highest BCUT2D eigenvalue weighted by Gasteiger charge is 2.13. The maximum Gasteiger partial charge on any atom is 0.163 e. The number of hydrogen-bond acceptors (Lipinski definition) is 3. The van der Waals surface area contributed by atoms with Gasteiger partial charge in [0.05, 0.1) is 17.2 Å². The molecule has 21 heavy (non-hydrogen) atoms. The molecule has 0 radical (unpaired) electrons. The third kappa shape index (κ3) is 3.11. The van der Waals surface area contributed by atoms with Crippen LogP contribution in [0.2, 0.25) is 0 Å². The first-order chi connectivity index (χ1) is 9.92. The van der Waals surface area contributed by atoms with E-state index >= 15 is 0 Å². The molecule has 0 N–H and O–H groups in total. The lowest BCUT2D eigenvalue weighted by Gasteiger charge is -2.14. The van der Waals surface area contributed by atoms with Crippen LogP contribution in [0.5, 0.6) is 11.5 Å². The van der Waals surface area contributed by atoms with Gasteiger partial charge in [0.25, 0.3) is 0 Å². The van der Waals surface area contributed by atoms with Crippen LogP contribution in [-0.2, 0) is 0 Å². The maximum absolute atomic E-state index is 11.7. The number of nitrogens with zero attached hydrogens (tertiary/aromatic N) is 1. The zero-order valence-corrected chi connectivity index (χ0v) is 12.7. The topological polar surface area (TPSA) is 50.1 Å². The summed E-state index contributed by atoms with van der Waals surface area (Å²) >= 11 is 0. The minimum atomic E-state index is -0.0866. The Morgan fingerprint density at radius 3 is 2.43 bits per heavy atom. The van der Waals surface area contributed by atoms with Crippen molar-refractivity contribution >= 4 is 5.78 Å². The summed E-state index contributed by atoms with van der Waals surface area (Å²) in [5.41, 5.74) is 4.20. The molecule has 0 heterocycles. The molecule has 0 atom stereocenters. The quantitative estimate of drug-likeness (QED) is 0.778. The molecule has 0 bridgehead atoms. The van der Waals surface area contributed by atoms with Gasteiger partial charge in [-0.05, 0) is 68.7 Å². The van der Waals surface area contributed by atoms with E-state index in [9.17, 15) is 4.79 Å². The number of Topliss-reactive ketones (excluding diaryl/α,β-unsaturated/α-hetero) is 1. The third-order valence-corrected chi connectivity index (χ3v) is 3.47. The maximum atomic E-state index is 11.7. The molecule has 0 aromatic heterocycles. The molecule has 2 aromatic rings.